The number of hydrogen-bond acceptors (Lipinski definition) is 3. The van der Waals surface area contributed by atoms with E-state index in [1.807, 2.05) is 0 Å². The van der Waals surface area contributed by atoms with Gasteiger partial charge in [0.2, 0.25) is 0 Å². The SMILES string of the molecule is C=C(N[C@H](C)C(C)C)c1ccon1. The maximum absolute atomic E-state index is 4.73. The predicted octanol–water partition coefficient (Wildman–Crippen LogP) is 2.28. The van der Waals surface area contributed by atoms with E-state index in [1.165, 1.54) is 0 Å². The molecule has 0 aliphatic heterocycles. The molecule has 1 atom stereocenters. The van der Waals surface area contributed by atoms with E-state index in [9.17, 15) is 0 Å². The minimum Gasteiger partial charge on any atom is -0.381 e. The summed E-state index contributed by atoms with van der Waals surface area (Å²) >= 11 is 0. The van der Waals surface area contributed by atoms with Crippen LogP contribution in [0.3, 0.4) is 0 Å². The van der Waals surface area contributed by atoms with Crippen LogP contribution in [0.1, 0.15) is 26.5 Å². The average Bonchev–Trinajstić information content (AvgIpc) is 2.55. The molecule has 0 radical (unpaired) electrons. The summed E-state index contributed by atoms with van der Waals surface area (Å²) in [6.07, 6.45) is 1.54. The predicted molar refractivity (Wildman–Crippen MR) is 53.0 cm³/mol. The largest absolute Gasteiger partial charge is 0.381 e. The van der Waals surface area contributed by atoms with Crippen molar-refractivity contribution < 1.29 is 4.52 Å². The van der Waals surface area contributed by atoms with Gasteiger partial charge in [0.05, 0.1) is 5.70 Å². The summed E-state index contributed by atoms with van der Waals surface area (Å²) in [5.41, 5.74) is 1.59. The highest BCUT2D eigenvalue weighted by atomic mass is 16.5. The molecule has 0 saturated carbocycles. The molecule has 3 heteroatoms. The summed E-state index contributed by atoms with van der Waals surface area (Å²) in [4.78, 5) is 0. The molecule has 1 aromatic rings. The van der Waals surface area contributed by atoms with Gasteiger partial charge < -0.3 is 9.84 Å². The Kier molecular flexibility index (Phi) is 3.12. The monoisotopic (exact) mass is 180 g/mol. The summed E-state index contributed by atoms with van der Waals surface area (Å²) < 4.78 is 4.73. The summed E-state index contributed by atoms with van der Waals surface area (Å²) in [6, 6.07) is 2.19. The van der Waals surface area contributed by atoms with E-state index in [1.54, 1.807) is 12.3 Å². The molecule has 0 spiro atoms. The van der Waals surface area contributed by atoms with Crippen molar-refractivity contribution in [2.75, 3.05) is 0 Å². The third-order valence-electron chi connectivity index (χ3n) is 2.15. The molecule has 0 fully saturated rings. The van der Waals surface area contributed by atoms with Gasteiger partial charge in [0.1, 0.15) is 12.0 Å². The standard InChI is InChI=1S/C10H16N2O/c1-7(2)8(3)11-9(4)10-5-6-13-12-10/h5-8,11H,4H2,1-3H3/t8-/m1/s1. The summed E-state index contributed by atoms with van der Waals surface area (Å²) in [7, 11) is 0. The molecule has 0 aliphatic rings. The van der Waals surface area contributed by atoms with E-state index < -0.39 is 0 Å². The number of nitrogens with zero attached hydrogens (tertiary/aromatic N) is 1. The number of rotatable bonds is 4. The molecule has 1 N–H and O–H groups in total. The lowest BCUT2D eigenvalue weighted by Crippen LogP contribution is -2.29. The van der Waals surface area contributed by atoms with Gasteiger partial charge in [-0.1, -0.05) is 25.6 Å². The maximum atomic E-state index is 4.73. The van der Waals surface area contributed by atoms with Crippen molar-refractivity contribution in [1.82, 2.24) is 10.5 Å². The van der Waals surface area contributed by atoms with Crippen LogP contribution in [0.15, 0.2) is 23.4 Å². The highest BCUT2D eigenvalue weighted by Crippen LogP contribution is 2.09. The minimum absolute atomic E-state index is 0.393. The minimum atomic E-state index is 0.393. The van der Waals surface area contributed by atoms with Gasteiger partial charge in [-0.25, -0.2) is 0 Å². The van der Waals surface area contributed by atoms with Crippen molar-refractivity contribution in [3.05, 3.63) is 24.6 Å². The first-order valence-electron chi connectivity index (χ1n) is 4.47. The zero-order valence-corrected chi connectivity index (χ0v) is 8.37. The average molecular weight is 180 g/mol. The quantitative estimate of drug-likeness (QED) is 0.772. The Hall–Kier alpha value is -1.25. The van der Waals surface area contributed by atoms with Gasteiger partial charge in [-0.05, 0) is 12.8 Å². The lowest BCUT2D eigenvalue weighted by Gasteiger charge is -2.18. The molecule has 0 amide bonds. The fourth-order valence-electron chi connectivity index (χ4n) is 0.884. The first-order chi connectivity index (χ1) is 6.11. The van der Waals surface area contributed by atoms with Crippen molar-refractivity contribution in [2.45, 2.75) is 26.8 Å². The zero-order chi connectivity index (χ0) is 9.84. The van der Waals surface area contributed by atoms with E-state index in [2.05, 4.69) is 37.8 Å². The number of nitrogens with one attached hydrogen (secondary N) is 1. The normalized spacial score (nSPS) is 12.9. The lowest BCUT2D eigenvalue weighted by molar-refractivity contribution is 0.415. The van der Waals surface area contributed by atoms with E-state index in [-0.39, 0.29) is 0 Å². The molecule has 0 unspecified atom stereocenters. The molecular weight excluding hydrogens is 164 g/mol. The van der Waals surface area contributed by atoms with Crippen molar-refractivity contribution >= 4 is 5.70 Å². The van der Waals surface area contributed by atoms with Crippen LogP contribution in [-0.4, -0.2) is 11.2 Å². The topological polar surface area (TPSA) is 38.1 Å². The van der Waals surface area contributed by atoms with Gasteiger partial charge in [0, 0.05) is 12.1 Å². The molecule has 3 nitrogen and oxygen atoms in total. The van der Waals surface area contributed by atoms with Crippen LogP contribution in [0, 0.1) is 5.92 Å². The Morgan fingerprint density at radius 2 is 2.23 bits per heavy atom. The lowest BCUT2D eigenvalue weighted by atomic mass is 10.1. The Labute approximate surface area is 78.8 Å². The fourth-order valence-corrected chi connectivity index (χ4v) is 0.884. The molecule has 13 heavy (non-hydrogen) atoms. The summed E-state index contributed by atoms with van der Waals surface area (Å²) in [6.45, 7) is 10.3. The van der Waals surface area contributed by atoms with Crippen molar-refractivity contribution in [1.29, 1.82) is 0 Å². The highest BCUT2D eigenvalue weighted by Gasteiger charge is 2.09. The second-order valence-corrected chi connectivity index (χ2v) is 3.54. The number of hydrogen-bond donors (Lipinski definition) is 1. The van der Waals surface area contributed by atoms with Gasteiger partial charge in [0.15, 0.2) is 0 Å². The molecule has 1 heterocycles. The van der Waals surface area contributed by atoms with Crippen LogP contribution in [0.2, 0.25) is 0 Å². The second kappa shape index (κ2) is 4.12. The smallest absolute Gasteiger partial charge is 0.129 e. The number of aromatic nitrogens is 1. The molecule has 0 saturated heterocycles. The van der Waals surface area contributed by atoms with E-state index in [4.69, 9.17) is 4.52 Å². The van der Waals surface area contributed by atoms with Crippen LogP contribution in [0.5, 0.6) is 0 Å². The first kappa shape index (κ1) is 9.84. The zero-order valence-electron chi connectivity index (χ0n) is 8.37. The van der Waals surface area contributed by atoms with Gasteiger partial charge in [-0.3, -0.25) is 0 Å². The van der Waals surface area contributed by atoms with Crippen molar-refractivity contribution in [3.8, 4) is 0 Å². The van der Waals surface area contributed by atoms with Crippen LogP contribution in [0.4, 0.5) is 0 Å². The van der Waals surface area contributed by atoms with Gasteiger partial charge in [-0.15, -0.1) is 0 Å². The van der Waals surface area contributed by atoms with Crippen LogP contribution in [0.25, 0.3) is 5.70 Å². The Balaban J connectivity index is 2.52. The molecular formula is C10H16N2O. The molecule has 1 rings (SSSR count). The van der Waals surface area contributed by atoms with Gasteiger partial charge in [-0.2, -0.15) is 0 Å². The Morgan fingerprint density at radius 1 is 1.54 bits per heavy atom. The van der Waals surface area contributed by atoms with E-state index in [0.717, 1.165) is 11.4 Å². The second-order valence-electron chi connectivity index (χ2n) is 3.54. The van der Waals surface area contributed by atoms with Crippen LogP contribution < -0.4 is 5.32 Å². The molecule has 0 aliphatic carbocycles. The maximum Gasteiger partial charge on any atom is 0.129 e. The summed E-state index contributed by atoms with van der Waals surface area (Å²) in [5, 5.41) is 7.06. The summed E-state index contributed by atoms with van der Waals surface area (Å²) in [5.74, 6) is 0.573. The molecule has 0 aromatic carbocycles. The fraction of sp³-hybridized carbons (Fsp3) is 0.500. The van der Waals surface area contributed by atoms with E-state index in [0.29, 0.717) is 12.0 Å². The Morgan fingerprint density at radius 3 is 2.69 bits per heavy atom. The van der Waals surface area contributed by atoms with Gasteiger partial charge in [0.25, 0.3) is 0 Å². The van der Waals surface area contributed by atoms with E-state index >= 15 is 0 Å². The Bertz CT molecular complexity index is 264. The molecule has 0 bridgehead atoms. The van der Waals surface area contributed by atoms with Crippen molar-refractivity contribution in [2.24, 2.45) is 5.92 Å². The van der Waals surface area contributed by atoms with Crippen LogP contribution >= 0.6 is 0 Å². The first-order valence-corrected chi connectivity index (χ1v) is 4.47. The molecule has 72 valence electrons. The van der Waals surface area contributed by atoms with Crippen LogP contribution in [-0.2, 0) is 0 Å². The van der Waals surface area contributed by atoms with Gasteiger partial charge >= 0.3 is 0 Å². The van der Waals surface area contributed by atoms with Crippen molar-refractivity contribution in [3.63, 3.8) is 0 Å². The molecule has 1 aromatic heterocycles. The highest BCUT2D eigenvalue weighted by molar-refractivity contribution is 5.57. The third kappa shape index (κ3) is 2.61. The third-order valence-corrected chi connectivity index (χ3v) is 2.15.